The summed E-state index contributed by atoms with van der Waals surface area (Å²) >= 11 is 5.94. The molecule has 0 aliphatic carbocycles. The van der Waals surface area contributed by atoms with Crippen molar-refractivity contribution in [3.8, 4) is 0 Å². The SMILES string of the molecule is Clc1cccc(CNCCCN2CCOCC2)c1. The Kier molecular flexibility index (Phi) is 5.94. The fourth-order valence-corrected chi connectivity index (χ4v) is 2.34. The smallest absolute Gasteiger partial charge is 0.0594 e. The molecule has 1 aliphatic heterocycles. The summed E-state index contributed by atoms with van der Waals surface area (Å²) in [5.74, 6) is 0. The molecule has 0 spiro atoms. The number of hydrogen-bond acceptors (Lipinski definition) is 3. The Morgan fingerprint density at radius 1 is 1.28 bits per heavy atom. The van der Waals surface area contributed by atoms with Gasteiger partial charge in [0.05, 0.1) is 13.2 Å². The number of morpholine rings is 1. The molecule has 1 aromatic carbocycles. The monoisotopic (exact) mass is 268 g/mol. The average molecular weight is 269 g/mol. The predicted molar refractivity (Wildman–Crippen MR) is 75.0 cm³/mol. The first-order valence-electron chi connectivity index (χ1n) is 6.60. The Bertz CT molecular complexity index is 353. The highest BCUT2D eigenvalue weighted by atomic mass is 35.5. The molecule has 0 amide bonds. The molecule has 0 unspecified atom stereocenters. The van der Waals surface area contributed by atoms with Gasteiger partial charge in [-0.25, -0.2) is 0 Å². The third-order valence-corrected chi connectivity index (χ3v) is 3.38. The molecule has 100 valence electrons. The maximum absolute atomic E-state index is 5.94. The second-order valence-electron chi connectivity index (χ2n) is 4.61. The first-order valence-corrected chi connectivity index (χ1v) is 6.98. The third-order valence-electron chi connectivity index (χ3n) is 3.15. The van der Waals surface area contributed by atoms with Gasteiger partial charge in [-0.3, -0.25) is 4.90 Å². The topological polar surface area (TPSA) is 24.5 Å². The molecule has 0 radical (unpaired) electrons. The number of halogens is 1. The van der Waals surface area contributed by atoms with Crippen LogP contribution in [0.5, 0.6) is 0 Å². The number of nitrogens with one attached hydrogen (secondary N) is 1. The van der Waals surface area contributed by atoms with Crippen molar-refractivity contribution < 1.29 is 4.74 Å². The van der Waals surface area contributed by atoms with E-state index < -0.39 is 0 Å². The van der Waals surface area contributed by atoms with E-state index in [2.05, 4.69) is 16.3 Å². The van der Waals surface area contributed by atoms with Crippen LogP contribution in [0.4, 0.5) is 0 Å². The van der Waals surface area contributed by atoms with Crippen LogP contribution in [-0.2, 0) is 11.3 Å². The van der Waals surface area contributed by atoms with Gasteiger partial charge in [0.25, 0.3) is 0 Å². The highest BCUT2D eigenvalue weighted by Gasteiger charge is 2.08. The van der Waals surface area contributed by atoms with E-state index in [1.807, 2.05) is 18.2 Å². The summed E-state index contributed by atoms with van der Waals surface area (Å²) in [6.45, 7) is 7.02. The Morgan fingerprint density at radius 3 is 2.89 bits per heavy atom. The van der Waals surface area contributed by atoms with Crippen LogP contribution in [-0.4, -0.2) is 44.3 Å². The van der Waals surface area contributed by atoms with Crippen LogP contribution in [0.3, 0.4) is 0 Å². The van der Waals surface area contributed by atoms with Crippen molar-refractivity contribution in [2.75, 3.05) is 39.4 Å². The molecule has 0 atom stereocenters. The summed E-state index contributed by atoms with van der Waals surface area (Å²) in [5, 5.41) is 4.26. The van der Waals surface area contributed by atoms with Crippen molar-refractivity contribution in [3.05, 3.63) is 34.9 Å². The van der Waals surface area contributed by atoms with Crippen molar-refractivity contribution in [2.45, 2.75) is 13.0 Å². The molecule has 0 bridgehead atoms. The van der Waals surface area contributed by atoms with E-state index in [0.717, 1.165) is 51.0 Å². The summed E-state index contributed by atoms with van der Waals surface area (Å²) in [6.07, 6.45) is 1.18. The van der Waals surface area contributed by atoms with Crippen LogP contribution in [0, 0.1) is 0 Å². The Labute approximate surface area is 114 Å². The Balaban J connectivity index is 1.55. The molecule has 1 heterocycles. The lowest BCUT2D eigenvalue weighted by molar-refractivity contribution is 0.0374. The lowest BCUT2D eigenvalue weighted by atomic mass is 10.2. The van der Waals surface area contributed by atoms with E-state index in [1.54, 1.807) is 0 Å². The van der Waals surface area contributed by atoms with Gasteiger partial charge in [-0.05, 0) is 37.2 Å². The summed E-state index contributed by atoms with van der Waals surface area (Å²) in [7, 11) is 0. The second kappa shape index (κ2) is 7.74. The molecular weight excluding hydrogens is 248 g/mol. The zero-order valence-corrected chi connectivity index (χ0v) is 11.5. The molecule has 1 fully saturated rings. The zero-order chi connectivity index (χ0) is 12.6. The van der Waals surface area contributed by atoms with E-state index in [1.165, 1.54) is 12.0 Å². The first kappa shape index (κ1) is 13.8. The molecule has 1 aromatic rings. The van der Waals surface area contributed by atoms with Crippen molar-refractivity contribution in [1.29, 1.82) is 0 Å². The molecule has 1 aliphatic rings. The highest BCUT2D eigenvalue weighted by Crippen LogP contribution is 2.10. The number of ether oxygens (including phenoxy) is 1. The summed E-state index contributed by atoms with van der Waals surface area (Å²) < 4.78 is 5.33. The number of hydrogen-bond donors (Lipinski definition) is 1. The zero-order valence-electron chi connectivity index (χ0n) is 10.7. The van der Waals surface area contributed by atoms with Crippen LogP contribution in [0.15, 0.2) is 24.3 Å². The van der Waals surface area contributed by atoms with Gasteiger partial charge in [-0.2, -0.15) is 0 Å². The lowest BCUT2D eigenvalue weighted by Crippen LogP contribution is -2.37. The molecule has 1 N–H and O–H groups in total. The molecule has 0 aromatic heterocycles. The largest absolute Gasteiger partial charge is 0.379 e. The lowest BCUT2D eigenvalue weighted by Gasteiger charge is -2.26. The fourth-order valence-electron chi connectivity index (χ4n) is 2.13. The van der Waals surface area contributed by atoms with Crippen LogP contribution < -0.4 is 5.32 Å². The molecular formula is C14H21ClN2O. The van der Waals surface area contributed by atoms with Gasteiger partial charge >= 0.3 is 0 Å². The van der Waals surface area contributed by atoms with Gasteiger partial charge in [-0.15, -0.1) is 0 Å². The van der Waals surface area contributed by atoms with Crippen LogP contribution in [0.1, 0.15) is 12.0 Å². The molecule has 18 heavy (non-hydrogen) atoms. The van der Waals surface area contributed by atoms with Gasteiger partial charge in [0.1, 0.15) is 0 Å². The summed E-state index contributed by atoms with van der Waals surface area (Å²) in [6, 6.07) is 8.01. The third kappa shape index (κ3) is 4.94. The van der Waals surface area contributed by atoms with Crippen molar-refractivity contribution in [1.82, 2.24) is 10.2 Å². The van der Waals surface area contributed by atoms with Gasteiger partial charge in [0.15, 0.2) is 0 Å². The molecule has 0 saturated carbocycles. The second-order valence-corrected chi connectivity index (χ2v) is 5.05. The quantitative estimate of drug-likeness (QED) is 0.800. The maximum Gasteiger partial charge on any atom is 0.0594 e. The van der Waals surface area contributed by atoms with Gasteiger partial charge in [-0.1, -0.05) is 23.7 Å². The minimum Gasteiger partial charge on any atom is -0.379 e. The van der Waals surface area contributed by atoms with E-state index >= 15 is 0 Å². The van der Waals surface area contributed by atoms with Crippen LogP contribution in [0.2, 0.25) is 5.02 Å². The van der Waals surface area contributed by atoms with Crippen LogP contribution >= 0.6 is 11.6 Å². The predicted octanol–water partition coefficient (Wildman–Crippen LogP) is 2.15. The average Bonchev–Trinajstić information content (AvgIpc) is 2.40. The first-order chi connectivity index (χ1) is 8.84. The van der Waals surface area contributed by atoms with Gasteiger partial charge < -0.3 is 10.1 Å². The molecule has 3 nitrogen and oxygen atoms in total. The van der Waals surface area contributed by atoms with Gasteiger partial charge in [0, 0.05) is 24.7 Å². The van der Waals surface area contributed by atoms with E-state index in [0.29, 0.717) is 0 Å². The number of nitrogens with zero attached hydrogens (tertiary/aromatic N) is 1. The molecule has 2 rings (SSSR count). The number of rotatable bonds is 6. The Morgan fingerprint density at radius 2 is 2.11 bits per heavy atom. The van der Waals surface area contributed by atoms with Crippen molar-refractivity contribution in [3.63, 3.8) is 0 Å². The number of benzene rings is 1. The Hall–Kier alpha value is -0.610. The van der Waals surface area contributed by atoms with Crippen molar-refractivity contribution in [2.24, 2.45) is 0 Å². The summed E-state index contributed by atoms with van der Waals surface area (Å²) in [5.41, 5.74) is 1.24. The van der Waals surface area contributed by atoms with Crippen LogP contribution in [0.25, 0.3) is 0 Å². The van der Waals surface area contributed by atoms with E-state index in [-0.39, 0.29) is 0 Å². The maximum atomic E-state index is 5.94. The normalized spacial score (nSPS) is 16.9. The van der Waals surface area contributed by atoms with E-state index in [9.17, 15) is 0 Å². The van der Waals surface area contributed by atoms with Crippen molar-refractivity contribution >= 4 is 11.6 Å². The molecule has 1 saturated heterocycles. The fraction of sp³-hybridized carbons (Fsp3) is 0.571. The molecule has 4 heteroatoms. The minimum absolute atomic E-state index is 0.808. The van der Waals surface area contributed by atoms with E-state index in [4.69, 9.17) is 16.3 Å². The summed E-state index contributed by atoms with van der Waals surface area (Å²) in [4.78, 5) is 2.46. The highest BCUT2D eigenvalue weighted by molar-refractivity contribution is 6.30. The standard InChI is InChI=1S/C14H21ClN2O/c15-14-4-1-3-13(11-14)12-16-5-2-6-17-7-9-18-10-8-17/h1,3-4,11,16H,2,5-10,12H2. The minimum atomic E-state index is 0.808. The van der Waals surface area contributed by atoms with Gasteiger partial charge in [0.2, 0.25) is 0 Å².